The quantitative estimate of drug-likeness (QED) is 0.759. The van der Waals surface area contributed by atoms with Crippen LogP contribution < -0.4 is 11.1 Å². The largest absolute Gasteiger partial charge is 0.364 e. The van der Waals surface area contributed by atoms with Crippen LogP contribution in [0.3, 0.4) is 0 Å². The molecule has 3 N–H and O–H groups in total. The standard InChI is InChI=1S/C19H30N4O4S/c1-13-3-5-15(6-4-13)21-19(25)14-7-9-23(10-8-14)28(26,27)16-11-17(18(20)24)22(2)12-16/h11-15H,3-10H2,1-2H3,(H2,20,24)(H,21,25). The highest BCUT2D eigenvalue weighted by Crippen LogP contribution is 2.27. The Morgan fingerprint density at radius 1 is 1.11 bits per heavy atom. The van der Waals surface area contributed by atoms with Crippen molar-refractivity contribution in [2.24, 2.45) is 24.6 Å². The van der Waals surface area contributed by atoms with E-state index in [-0.39, 0.29) is 28.5 Å². The molecule has 0 atom stereocenters. The lowest BCUT2D eigenvalue weighted by molar-refractivity contribution is -0.127. The van der Waals surface area contributed by atoms with Crippen molar-refractivity contribution in [3.63, 3.8) is 0 Å². The van der Waals surface area contributed by atoms with Crippen LogP contribution in [0.2, 0.25) is 0 Å². The zero-order valence-electron chi connectivity index (χ0n) is 16.6. The van der Waals surface area contributed by atoms with Crippen molar-refractivity contribution in [2.45, 2.75) is 56.4 Å². The third kappa shape index (κ3) is 4.41. The number of carbonyl (C=O) groups excluding carboxylic acids is 2. The van der Waals surface area contributed by atoms with Crippen LogP contribution in [0.1, 0.15) is 55.9 Å². The van der Waals surface area contributed by atoms with Gasteiger partial charge in [-0.3, -0.25) is 9.59 Å². The number of aryl methyl sites for hydroxylation is 1. The van der Waals surface area contributed by atoms with E-state index in [1.807, 2.05) is 0 Å². The molecule has 1 aromatic heterocycles. The molecule has 2 amide bonds. The number of amides is 2. The Morgan fingerprint density at radius 3 is 2.25 bits per heavy atom. The number of aromatic nitrogens is 1. The van der Waals surface area contributed by atoms with Gasteiger partial charge in [-0.05, 0) is 50.5 Å². The van der Waals surface area contributed by atoms with Gasteiger partial charge in [0.1, 0.15) is 10.6 Å². The second-order valence-electron chi connectivity index (χ2n) is 8.18. The van der Waals surface area contributed by atoms with Gasteiger partial charge in [-0.15, -0.1) is 0 Å². The molecule has 1 aliphatic carbocycles. The van der Waals surface area contributed by atoms with Crippen LogP contribution >= 0.6 is 0 Å². The van der Waals surface area contributed by atoms with Crippen LogP contribution in [0, 0.1) is 11.8 Å². The first-order chi connectivity index (χ1) is 13.2. The van der Waals surface area contributed by atoms with Gasteiger partial charge in [-0.25, -0.2) is 8.42 Å². The summed E-state index contributed by atoms with van der Waals surface area (Å²) in [7, 11) is -2.12. The first-order valence-corrected chi connectivity index (χ1v) is 11.4. The summed E-state index contributed by atoms with van der Waals surface area (Å²) in [5, 5.41) is 3.16. The van der Waals surface area contributed by atoms with Gasteiger partial charge in [0.2, 0.25) is 15.9 Å². The fourth-order valence-corrected chi connectivity index (χ4v) is 5.69. The fourth-order valence-electron chi connectivity index (χ4n) is 4.15. The minimum Gasteiger partial charge on any atom is -0.364 e. The van der Waals surface area contributed by atoms with Crippen LogP contribution in [0.4, 0.5) is 0 Å². The van der Waals surface area contributed by atoms with Crippen molar-refractivity contribution < 1.29 is 18.0 Å². The van der Waals surface area contributed by atoms with E-state index in [1.54, 1.807) is 7.05 Å². The zero-order chi connectivity index (χ0) is 20.5. The zero-order valence-corrected chi connectivity index (χ0v) is 17.4. The minimum absolute atomic E-state index is 0.0485. The van der Waals surface area contributed by atoms with Crippen molar-refractivity contribution in [1.29, 1.82) is 0 Å². The van der Waals surface area contributed by atoms with Gasteiger partial charge in [-0.1, -0.05) is 6.92 Å². The van der Waals surface area contributed by atoms with E-state index in [1.165, 1.54) is 21.1 Å². The number of piperidine rings is 1. The lowest BCUT2D eigenvalue weighted by atomic mass is 9.87. The molecular weight excluding hydrogens is 380 g/mol. The Morgan fingerprint density at radius 2 is 1.71 bits per heavy atom. The number of nitrogens with two attached hydrogens (primary N) is 1. The number of carbonyl (C=O) groups is 2. The molecule has 2 heterocycles. The van der Waals surface area contributed by atoms with Gasteiger partial charge < -0.3 is 15.6 Å². The minimum atomic E-state index is -3.71. The molecule has 1 aromatic rings. The normalized spacial score (nSPS) is 24.8. The molecule has 28 heavy (non-hydrogen) atoms. The number of nitrogens with zero attached hydrogens (tertiary/aromatic N) is 2. The summed E-state index contributed by atoms with van der Waals surface area (Å²) in [6, 6.07) is 1.56. The molecule has 2 aliphatic rings. The first kappa shape index (κ1) is 20.9. The van der Waals surface area contributed by atoms with Gasteiger partial charge in [-0.2, -0.15) is 4.31 Å². The SMILES string of the molecule is CC1CCC(NC(=O)C2CCN(S(=O)(=O)c3cc(C(N)=O)n(C)c3)CC2)CC1. The van der Waals surface area contributed by atoms with Crippen LogP contribution in [0.5, 0.6) is 0 Å². The molecule has 0 aromatic carbocycles. The van der Waals surface area contributed by atoms with Gasteiger partial charge in [0.25, 0.3) is 5.91 Å². The Labute approximate surface area is 166 Å². The second-order valence-corrected chi connectivity index (χ2v) is 10.1. The summed E-state index contributed by atoms with van der Waals surface area (Å²) >= 11 is 0. The van der Waals surface area contributed by atoms with Crippen LogP contribution in [0.15, 0.2) is 17.2 Å². The lowest BCUT2D eigenvalue weighted by Crippen LogP contribution is -2.46. The molecule has 2 fully saturated rings. The average Bonchev–Trinajstić information content (AvgIpc) is 3.06. The number of hydrogen-bond acceptors (Lipinski definition) is 4. The van der Waals surface area contributed by atoms with E-state index < -0.39 is 15.9 Å². The number of primary amides is 1. The molecule has 9 heteroatoms. The van der Waals surface area contributed by atoms with Crippen molar-refractivity contribution in [1.82, 2.24) is 14.2 Å². The molecule has 0 spiro atoms. The van der Waals surface area contributed by atoms with Crippen LogP contribution in [-0.2, 0) is 21.9 Å². The molecule has 1 aliphatic heterocycles. The maximum atomic E-state index is 12.9. The van der Waals surface area contributed by atoms with Crippen molar-refractivity contribution in [2.75, 3.05) is 13.1 Å². The third-order valence-electron chi connectivity index (χ3n) is 6.06. The molecule has 0 radical (unpaired) electrons. The fraction of sp³-hybridized carbons (Fsp3) is 0.684. The molecule has 0 bridgehead atoms. The van der Waals surface area contributed by atoms with Crippen LogP contribution in [-0.4, -0.2) is 48.2 Å². The number of hydrogen-bond donors (Lipinski definition) is 2. The molecular formula is C19H30N4O4S. The van der Waals surface area contributed by atoms with E-state index in [9.17, 15) is 18.0 Å². The summed E-state index contributed by atoms with van der Waals surface area (Å²) < 4.78 is 28.5. The van der Waals surface area contributed by atoms with Gasteiger partial charge in [0.05, 0.1) is 0 Å². The smallest absolute Gasteiger partial charge is 0.265 e. The Bertz CT molecular complexity index is 832. The molecule has 1 saturated carbocycles. The Kier molecular flexibility index (Phi) is 6.14. The van der Waals surface area contributed by atoms with Crippen molar-refractivity contribution >= 4 is 21.8 Å². The molecule has 8 nitrogen and oxygen atoms in total. The summed E-state index contributed by atoms with van der Waals surface area (Å²) in [5.41, 5.74) is 5.42. The van der Waals surface area contributed by atoms with E-state index >= 15 is 0 Å². The summed E-state index contributed by atoms with van der Waals surface area (Å²) in [5.74, 6) is -0.0406. The second kappa shape index (κ2) is 8.24. The number of nitrogens with one attached hydrogen (secondary N) is 1. The van der Waals surface area contributed by atoms with Crippen molar-refractivity contribution in [3.8, 4) is 0 Å². The van der Waals surface area contributed by atoms with E-state index in [0.717, 1.165) is 31.6 Å². The predicted octanol–water partition coefficient (Wildman–Crippen LogP) is 1.22. The molecule has 156 valence electrons. The predicted molar refractivity (Wildman–Crippen MR) is 105 cm³/mol. The summed E-state index contributed by atoms with van der Waals surface area (Å²) in [4.78, 5) is 24.0. The number of rotatable bonds is 5. The average molecular weight is 411 g/mol. The molecule has 0 unspecified atom stereocenters. The highest BCUT2D eigenvalue weighted by atomic mass is 32.2. The van der Waals surface area contributed by atoms with E-state index in [0.29, 0.717) is 25.9 Å². The van der Waals surface area contributed by atoms with Gasteiger partial charge in [0.15, 0.2) is 0 Å². The first-order valence-electron chi connectivity index (χ1n) is 9.95. The van der Waals surface area contributed by atoms with E-state index in [4.69, 9.17) is 5.73 Å². The summed E-state index contributed by atoms with van der Waals surface area (Å²) in [6.45, 7) is 2.83. The highest BCUT2D eigenvalue weighted by Gasteiger charge is 2.34. The number of sulfonamides is 1. The lowest BCUT2D eigenvalue weighted by Gasteiger charge is -2.32. The highest BCUT2D eigenvalue weighted by molar-refractivity contribution is 7.89. The molecule has 3 rings (SSSR count). The van der Waals surface area contributed by atoms with Crippen LogP contribution in [0.25, 0.3) is 0 Å². The topological polar surface area (TPSA) is 114 Å². The van der Waals surface area contributed by atoms with Gasteiger partial charge >= 0.3 is 0 Å². The Hall–Kier alpha value is -1.87. The monoisotopic (exact) mass is 410 g/mol. The third-order valence-corrected chi connectivity index (χ3v) is 7.92. The van der Waals surface area contributed by atoms with E-state index in [2.05, 4.69) is 12.2 Å². The van der Waals surface area contributed by atoms with Gasteiger partial charge in [0, 0.05) is 38.3 Å². The molecule has 1 saturated heterocycles. The maximum Gasteiger partial charge on any atom is 0.265 e. The Balaban J connectivity index is 1.57. The maximum absolute atomic E-state index is 12.9. The van der Waals surface area contributed by atoms with Crippen molar-refractivity contribution in [3.05, 3.63) is 18.0 Å². The summed E-state index contributed by atoms with van der Waals surface area (Å²) in [6.07, 6.45) is 6.75.